The summed E-state index contributed by atoms with van der Waals surface area (Å²) in [6.07, 6.45) is -3.88. The van der Waals surface area contributed by atoms with Crippen LogP contribution in [0.5, 0.6) is 0 Å². The van der Waals surface area contributed by atoms with Crippen molar-refractivity contribution in [1.29, 1.82) is 0 Å². The van der Waals surface area contributed by atoms with Crippen molar-refractivity contribution < 1.29 is 17.6 Å². The van der Waals surface area contributed by atoms with E-state index < -0.39 is 17.6 Å². The number of nitrogens with one attached hydrogen (secondary N) is 1. The number of benzene rings is 1. The Labute approximate surface area is 103 Å². The molecule has 0 aromatic heterocycles. The monoisotopic (exact) mass is 261 g/mol. The van der Waals surface area contributed by atoms with Gasteiger partial charge in [-0.25, -0.2) is 4.39 Å². The Balaban J connectivity index is 2.44. The van der Waals surface area contributed by atoms with Gasteiger partial charge in [-0.1, -0.05) is 6.07 Å². The van der Waals surface area contributed by atoms with Crippen LogP contribution >= 0.6 is 0 Å². The first-order valence-corrected chi connectivity index (χ1v) is 5.91. The highest BCUT2D eigenvalue weighted by Crippen LogP contribution is 2.40. The van der Waals surface area contributed by atoms with Crippen LogP contribution in [-0.2, 0) is 6.18 Å². The van der Waals surface area contributed by atoms with Gasteiger partial charge in [0.15, 0.2) is 0 Å². The molecule has 0 radical (unpaired) electrons. The molecule has 0 spiro atoms. The molecule has 5 heteroatoms. The molecule has 0 aliphatic carbocycles. The minimum atomic E-state index is -4.51. The summed E-state index contributed by atoms with van der Waals surface area (Å²) in [7, 11) is 0. The largest absolute Gasteiger partial charge is 0.416 e. The van der Waals surface area contributed by atoms with Crippen molar-refractivity contribution in [2.75, 3.05) is 0 Å². The Kier molecular flexibility index (Phi) is 3.36. The maximum atomic E-state index is 13.0. The Bertz CT molecular complexity index is 441. The summed E-state index contributed by atoms with van der Waals surface area (Å²) in [4.78, 5) is 0. The first kappa shape index (κ1) is 13.3. The van der Waals surface area contributed by atoms with Gasteiger partial charge in [-0.15, -0.1) is 0 Å². The third-order valence-electron chi connectivity index (χ3n) is 3.48. The average Bonchev–Trinajstić information content (AvgIpc) is 2.56. The van der Waals surface area contributed by atoms with Crippen molar-refractivity contribution in [3.63, 3.8) is 0 Å². The van der Waals surface area contributed by atoms with Crippen molar-refractivity contribution in [1.82, 2.24) is 5.32 Å². The molecule has 3 unspecified atom stereocenters. The second-order valence-corrected chi connectivity index (χ2v) is 4.93. The first-order chi connectivity index (χ1) is 8.29. The van der Waals surface area contributed by atoms with Crippen molar-refractivity contribution >= 4 is 0 Å². The third-order valence-corrected chi connectivity index (χ3v) is 3.48. The van der Waals surface area contributed by atoms with E-state index in [1.807, 2.05) is 13.8 Å². The molecule has 1 aromatic carbocycles. The summed E-state index contributed by atoms with van der Waals surface area (Å²) in [6, 6.07) is 3.09. The summed E-state index contributed by atoms with van der Waals surface area (Å²) in [5.41, 5.74) is -0.663. The van der Waals surface area contributed by atoms with Gasteiger partial charge < -0.3 is 5.32 Å². The SMILES string of the molecule is CC1CC(c2ccc(F)cc2C(F)(F)F)C(C)N1. The van der Waals surface area contributed by atoms with Crippen LogP contribution in [0.1, 0.15) is 37.3 Å². The lowest BCUT2D eigenvalue weighted by Gasteiger charge is -2.20. The summed E-state index contributed by atoms with van der Waals surface area (Å²) >= 11 is 0. The Morgan fingerprint density at radius 3 is 2.39 bits per heavy atom. The maximum Gasteiger partial charge on any atom is 0.416 e. The van der Waals surface area contributed by atoms with Gasteiger partial charge in [-0.05, 0) is 38.0 Å². The molecule has 1 nitrogen and oxygen atoms in total. The summed E-state index contributed by atoms with van der Waals surface area (Å²) < 4.78 is 51.8. The van der Waals surface area contributed by atoms with Crippen LogP contribution in [0, 0.1) is 5.82 Å². The normalized spacial score (nSPS) is 28.7. The highest BCUT2D eigenvalue weighted by Gasteiger charge is 2.39. The lowest BCUT2D eigenvalue weighted by molar-refractivity contribution is -0.138. The lowest BCUT2D eigenvalue weighted by Crippen LogP contribution is -2.26. The van der Waals surface area contributed by atoms with Crippen molar-refractivity contribution in [2.45, 2.75) is 44.4 Å². The smallest absolute Gasteiger partial charge is 0.311 e. The Morgan fingerprint density at radius 1 is 1.22 bits per heavy atom. The molecule has 3 atom stereocenters. The molecule has 1 aliphatic heterocycles. The summed E-state index contributed by atoms with van der Waals surface area (Å²) in [6.45, 7) is 3.80. The third kappa shape index (κ3) is 2.51. The van der Waals surface area contributed by atoms with Crippen LogP contribution in [-0.4, -0.2) is 12.1 Å². The van der Waals surface area contributed by atoms with Crippen molar-refractivity contribution in [3.8, 4) is 0 Å². The van der Waals surface area contributed by atoms with E-state index in [0.717, 1.165) is 6.07 Å². The van der Waals surface area contributed by atoms with Crippen LogP contribution in [0.25, 0.3) is 0 Å². The van der Waals surface area contributed by atoms with E-state index in [1.54, 1.807) is 0 Å². The number of alkyl halides is 3. The van der Waals surface area contributed by atoms with Gasteiger partial charge in [0, 0.05) is 18.0 Å². The molecule has 1 aromatic rings. The molecule has 1 aliphatic rings. The van der Waals surface area contributed by atoms with E-state index in [-0.39, 0.29) is 23.6 Å². The van der Waals surface area contributed by atoms with Crippen LogP contribution in [0.15, 0.2) is 18.2 Å². The van der Waals surface area contributed by atoms with Gasteiger partial charge in [0.2, 0.25) is 0 Å². The molecule has 1 heterocycles. The topological polar surface area (TPSA) is 12.0 Å². The van der Waals surface area contributed by atoms with Crippen molar-refractivity contribution in [3.05, 3.63) is 35.1 Å². The van der Waals surface area contributed by atoms with E-state index in [9.17, 15) is 17.6 Å². The van der Waals surface area contributed by atoms with Crippen LogP contribution in [0.3, 0.4) is 0 Å². The van der Waals surface area contributed by atoms with Crippen LogP contribution < -0.4 is 5.32 Å². The number of halogens is 4. The average molecular weight is 261 g/mol. The predicted octanol–water partition coefficient (Wildman–Crippen LogP) is 3.70. The lowest BCUT2D eigenvalue weighted by atomic mass is 9.88. The van der Waals surface area contributed by atoms with E-state index in [1.165, 1.54) is 6.07 Å². The molecule has 100 valence electrons. The maximum absolute atomic E-state index is 13.0. The standard InChI is InChI=1S/C13H15F4N/c1-7-5-11(8(2)18-7)10-4-3-9(14)6-12(10)13(15,16)17/h3-4,6-8,11,18H,5H2,1-2H3. The number of hydrogen-bond acceptors (Lipinski definition) is 1. The van der Waals surface area contributed by atoms with E-state index in [4.69, 9.17) is 0 Å². The van der Waals surface area contributed by atoms with Gasteiger partial charge in [0.05, 0.1) is 5.56 Å². The molecule has 1 fully saturated rings. The second-order valence-electron chi connectivity index (χ2n) is 4.93. The Morgan fingerprint density at radius 2 is 1.89 bits per heavy atom. The van der Waals surface area contributed by atoms with Gasteiger partial charge in [-0.3, -0.25) is 0 Å². The molecule has 1 saturated heterocycles. The van der Waals surface area contributed by atoms with Gasteiger partial charge in [-0.2, -0.15) is 13.2 Å². The van der Waals surface area contributed by atoms with Crippen LogP contribution in [0.4, 0.5) is 17.6 Å². The first-order valence-electron chi connectivity index (χ1n) is 5.91. The van der Waals surface area contributed by atoms with E-state index >= 15 is 0 Å². The minimum absolute atomic E-state index is 0.0356. The van der Waals surface area contributed by atoms with Crippen molar-refractivity contribution in [2.24, 2.45) is 0 Å². The molecular formula is C13H15F4N. The Hall–Kier alpha value is -1.10. The minimum Gasteiger partial charge on any atom is -0.311 e. The fourth-order valence-electron chi connectivity index (χ4n) is 2.71. The molecular weight excluding hydrogens is 246 g/mol. The quantitative estimate of drug-likeness (QED) is 0.760. The molecule has 0 amide bonds. The highest BCUT2D eigenvalue weighted by molar-refractivity contribution is 5.35. The van der Waals surface area contributed by atoms with Gasteiger partial charge in [0.25, 0.3) is 0 Å². The van der Waals surface area contributed by atoms with Gasteiger partial charge in [0.1, 0.15) is 5.82 Å². The zero-order valence-electron chi connectivity index (χ0n) is 10.2. The zero-order valence-corrected chi connectivity index (χ0v) is 10.2. The number of hydrogen-bond donors (Lipinski definition) is 1. The second kappa shape index (κ2) is 4.53. The number of rotatable bonds is 1. The fraction of sp³-hybridized carbons (Fsp3) is 0.538. The summed E-state index contributed by atoms with van der Waals surface area (Å²) in [5.74, 6) is -1.07. The van der Waals surface area contributed by atoms with E-state index in [0.29, 0.717) is 12.5 Å². The molecule has 0 saturated carbocycles. The predicted molar refractivity (Wildman–Crippen MR) is 60.8 cm³/mol. The summed E-state index contributed by atoms with van der Waals surface area (Å²) in [5, 5.41) is 3.20. The highest BCUT2D eigenvalue weighted by atomic mass is 19.4. The molecule has 1 N–H and O–H groups in total. The van der Waals surface area contributed by atoms with E-state index in [2.05, 4.69) is 5.32 Å². The van der Waals surface area contributed by atoms with Gasteiger partial charge >= 0.3 is 6.18 Å². The molecule has 2 rings (SSSR count). The molecule has 0 bridgehead atoms. The molecule has 18 heavy (non-hydrogen) atoms. The zero-order chi connectivity index (χ0) is 13.5. The fourth-order valence-corrected chi connectivity index (χ4v) is 2.71. The van der Waals surface area contributed by atoms with Crippen LogP contribution in [0.2, 0.25) is 0 Å².